The SMILES string of the molecule is CCNC(=O)NCc1ccccc1-c1ccc(CN2C(=O)[C@H](NC(=O)CC(C)(C)NC[C@@H](C)O)CSc3cc(SC)ccc32)cc1. The molecule has 0 bridgehead atoms. The van der Waals surface area contributed by atoms with Crippen molar-refractivity contribution in [3.8, 4) is 11.1 Å². The fraction of sp³-hybridized carbons (Fsp3) is 0.400. The molecule has 0 unspecified atom stereocenters. The van der Waals surface area contributed by atoms with Gasteiger partial charge in [0, 0.05) is 47.1 Å². The molecule has 3 aromatic carbocycles. The maximum atomic E-state index is 14.1. The van der Waals surface area contributed by atoms with Gasteiger partial charge in [-0.3, -0.25) is 9.59 Å². The maximum Gasteiger partial charge on any atom is 0.315 e. The van der Waals surface area contributed by atoms with Crippen LogP contribution in [0.5, 0.6) is 0 Å². The zero-order valence-electron chi connectivity index (χ0n) is 27.2. The number of carbonyl (C=O) groups is 3. The van der Waals surface area contributed by atoms with Gasteiger partial charge in [0.25, 0.3) is 5.91 Å². The Hall–Kier alpha value is -3.51. The summed E-state index contributed by atoms with van der Waals surface area (Å²) < 4.78 is 0. The molecule has 0 spiro atoms. The zero-order valence-corrected chi connectivity index (χ0v) is 28.8. The number of hydrogen-bond donors (Lipinski definition) is 5. The van der Waals surface area contributed by atoms with Crippen LogP contribution in [0.3, 0.4) is 0 Å². The number of benzene rings is 3. The Balaban J connectivity index is 1.54. The molecule has 9 nitrogen and oxygen atoms in total. The van der Waals surface area contributed by atoms with E-state index in [0.29, 0.717) is 31.9 Å². The predicted octanol–water partition coefficient (Wildman–Crippen LogP) is 5.16. The second kappa shape index (κ2) is 16.4. The lowest BCUT2D eigenvalue weighted by Crippen LogP contribution is -2.52. The summed E-state index contributed by atoms with van der Waals surface area (Å²) in [6.45, 7) is 9.07. The molecular weight excluding hydrogens is 619 g/mol. The molecule has 0 saturated carbocycles. The van der Waals surface area contributed by atoms with E-state index < -0.39 is 17.7 Å². The third-order valence-electron chi connectivity index (χ3n) is 7.64. The van der Waals surface area contributed by atoms with Gasteiger partial charge in [0.1, 0.15) is 6.04 Å². The first-order valence-electron chi connectivity index (χ1n) is 15.5. The van der Waals surface area contributed by atoms with Crippen LogP contribution in [0.4, 0.5) is 10.5 Å². The average molecular weight is 664 g/mol. The lowest BCUT2D eigenvalue weighted by atomic mass is 9.98. The number of carbonyl (C=O) groups excluding carboxylic acids is 3. The Morgan fingerprint density at radius 1 is 1.09 bits per heavy atom. The normalized spacial score (nSPS) is 15.5. The van der Waals surface area contributed by atoms with Crippen LogP contribution in [-0.4, -0.2) is 65.7 Å². The number of aliphatic hydroxyl groups is 1. The number of aliphatic hydroxyl groups excluding tert-OH is 1. The van der Waals surface area contributed by atoms with Crippen molar-refractivity contribution in [1.29, 1.82) is 0 Å². The molecule has 4 rings (SSSR count). The van der Waals surface area contributed by atoms with Crippen LogP contribution >= 0.6 is 23.5 Å². The summed E-state index contributed by atoms with van der Waals surface area (Å²) in [5.41, 5.74) is 4.27. The van der Waals surface area contributed by atoms with E-state index in [9.17, 15) is 19.5 Å². The van der Waals surface area contributed by atoms with Gasteiger partial charge in [-0.15, -0.1) is 23.5 Å². The molecule has 5 N–H and O–H groups in total. The molecule has 1 heterocycles. The smallest absolute Gasteiger partial charge is 0.315 e. The molecule has 0 aliphatic carbocycles. The average Bonchev–Trinajstić information content (AvgIpc) is 3.15. The van der Waals surface area contributed by atoms with Crippen LogP contribution in [0.2, 0.25) is 0 Å². The third kappa shape index (κ3) is 9.75. The number of nitrogens with zero attached hydrogens (tertiary/aromatic N) is 1. The van der Waals surface area contributed by atoms with E-state index in [1.54, 1.807) is 35.3 Å². The fourth-order valence-electron chi connectivity index (χ4n) is 5.24. The Kier molecular flexibility index (Phi) is 12.6. The lowest BCUT2D eigenvalue weighted by molar-refractivity contribution is -0.127. The lowest BCUT2D eigenvalue weighted by Gasteiger charge is -2.29. The van der Waals surface area contributed by atoms with Gasteiger partial charge >= 0.3 is 6.03 Å². The molecule has 0 aromatic heterocycles. The second-order valence-corrected chi connectivity index (χ2v) is 14.0. The minimum atomic E-state index is -0.696. The molecule has 11 heteroatoms. The highest BCUT2D eigenvalue weighted by Gasteiger charge is 2.33. The number of rotatable bonds is 13. The largest absolute Gasteiger partial charge is 0.392 e. The minimum Gasteiger partial charge on any atom is -0.392 e. The van der Waals surface area contributed by atoms with Crippen LogP contribution in [0.1, 0.15) is 45.2 Å². The summed E-state index contributed by atoms with van der Waals surface area (Å²) in [6.07, 6.45) is 1.66. The first-order valence-corrected chi connectivity index (χ1v) is 17.7. The Labute approximate surface area is 280 Å². The number of thioether (sulfide) groups is 2. The molecule has 1 aliphatic heterocycles. The highest BCUT2D eigenvalue weighted by atomic mass is 32.2. The van der Waals surface area contributed by atoms with Crippen molar-refractivity contribution in [3.63, 3.8) is 0 Å². The van der Waals surface area contributed by atoms with E-state index in [2.05, 4.69) is 27.3 Å². The van der Waals surface area contributed by atoms with E-state index in [1.165, 1.54) is 0 Å². The molecule has 0 fully saturated rings. The molecule has 0 saturated heterocycles. The van der Waals surface area contributed by atoms with Crippen molar-refractivity contribution in [2.24, 2.45) is 0 Å². The number of hydrogen-bond acceptors (Lipinski definition) is 7. The van der Waals surface area contributed by atoms with Gasteiger partial charge in [0.05, 0.1) is 18.3 Å². The molecular formula is C35H45N5O4S2. The van der Waals surface area contributed by atoms with E-state index in [1.807, 2.05) is 87.7 Å². The van der Waals surface area contributed by atoms with Crippen molar-refractivity contribution >= 4 is 47.1 Å². The summed E-state index contributed by atoms with van der Waals surface area (Å²) in [5, 5.41) is 21.5. The van der Waals surface area contributed by atoms with E-state index in [4.69, 9.17) is 0 Å². The number of amides is 4. The van der Waals surface area contributed by atoms with Crippen molar-refractivity contribution in [1.82, 2.24) is 21.3 Å². The predicted molar refractivity (Wildman–Crippen MR) is 188 cm³/mol. The van der Waals surface area contributed by atoms with E-state index in [0.717, 1.165) is 37.7 Å². The molecule has 4 amide bonds. The number of β-amino-alcohol motifs (C(OH)–C–C–N with tert-alkyl or cyclic N) is 1. The number of anilines is 1. The quantitative estimate of drug-likeness (QED) is 0.160. The van der Waals surface area contributed by atoms with Crippen LogP contribution in [-0.2, 0) is 22.7 Å². The minimum absolute atomic E-state index is 0.155. The number of nitrogens with one attached hydrogen (secondary N) is 4. The molecule has 0 radical (unpaired) electrons. The molecule has 2 atom stereocenters. The topological polar surface area (TPSA) is 123 Å². The first kappa shape index (κ1) is 35.3. The summed E-state index contributed by atoms with van der Waals surface area (Å²) in [6, 6.07) is 21.3. The third-order valence-corrected chi connectivity index (χ3v) is 9.50. The Morgan fingerprint density at radius 3 is 2.52 bits per heavy atom. The van der Waals surface area contributed by atoms with Crippen LogP contribution in [0.25, 0.3) is 11.1 Å². The Morgan fingerprint density at radius 2 is 1.83 bits per heavy atom. The fourth-order valence-corrected chi connectivity index (χ4v) is 6.86. The standard InChI is InChI=1S/C35H45N5O4S2/c1-6-36-34(44)37-20-26-9-7-8-10-28(26)25-13-11-24(12-14-25)21-40-30-16-15-27(45-5)17-31(30)46-22-29(33(40)43)39-32(42)18-35(3,4)38-19-23(2)41/h7-17,23,29,38,41H,6,18-22H2,1-5H3,(H,39,42)(H2,36,37,44)/t23-,29-/m1/s1. The monoisotopic (exact) mass is 663 g/mol. The van der Waals surface area contributed by atoms with Crippen molar-refractivity contribution in [2.75, 3.05) is 30.0 Å². The van der Waals surface area contributed by atoms with Crippen molar-refractivity contribution in [2.45, 2.75) is 74.7 Å². The summed E-state index contributed by atoms with van der Waals surface area (Å²) in [4.78, 5) is 43.1. The van der Waals surface area contributed by atoms with Gasteiger partial charge in [-0.2, -0.15) is 0 Å². The highest BCUT2D eigenvalue weighted by molar-refractivity contribution is 8.00. The van der Waals surface area contributed by atoms with Gasteiger partial charge in [-0.1, -0.05) is 48.5 Å². The zero-order chi connectivity index (χ0) is 33.3. The van der Waals surface area contributed by atoms with Crippen molar-refractivity contribution in [3.05, 3.63) is 77.9 Å². The van der Waals surface area contributed by atoms with Gasteiger partial charge in [0.15, 0.2) is 0 Å². The second-order valence-electron chi connectivity index (χ2n) is 12.0. The van der Waals surface area contributed by atoms with Gasteiger partial charge in [-0.05, 0) is 74.4 Å². The molecule has 46 heavy (non-hydrogen) atoms. The summed E-state index contributed by atoms with van der Waals surface area (Å²) in [5.74, 6) is 0.0487. The van der Waals surface area contributed by atoms with E-state index in [-0.39, 0.29) is 24.3 Å². The van der Waals surface area contributed by atoms with Crippen LogP contribution in [0.15, 0.2) is 76.5 Å². The molecule has 1 aliphatic rings. The first-order chi connectivity index (χ1) is 22.0. The van der Waals surface area contributed by atoms with Crippen LogP contribution in [0, 0.1) is 0 Å². The number of fused-ring (bicyclic) bond motifs is 1. The molecule has 3 aromatic rings. The van der Waals surface area contributed by atoms with Gasteiger partial charge < -0.3 is 31.3 Å². The Bertz CT molecular complexity index is 1510. The van der Waals surface area contributed by atoms with Gasteiger partial charge in [-0.25, -0.2) is 4.79 Å². The van der Waals surface area contributed by atoms with Crippen LogP contribution < -0.4 is 26.2 Å². The number of urea groups is 1. The van der Waals surface area contributed by atoms with E-state index >= 15 is 0 Å². The maximum absolute atomic E-state index is 14.1. The molecule has 246 valence electrons. The highest BCUT2D eigenvalue weighted by Crippen LogP contribution is 2.38. The summed E-state index contributed by atoms with van der Waals surface area (Å²) >= 11 is 3.23. The van der Waals surface area contributed by atoms with Gasteiger partial charge in [0.2, 0.25) is 5.91 Å². The summed E-state index contributed by atoms with van der Waals surface area (Å²) in [7, 11) is 0. The van der Waals surface area contributed by atoms with Crippen molar-refractivity contribution < 1.29 is 19.5 Å².